The van der Waals surface area contributed by atoms with E-state index in [4.69, 9.17) is 0 Å². The van der Waals surface area contributed by atoms with E-state index in [1.807, 2.05) is 0 Å². The van der Waals surface area contributed by atoms with E-state index in [0.29, 0.717) is 0 Å². The molecule has 4 aromatic carbocycles. The molecular formula is C33H36N4. The molecule has 0 fully saturated rings. The van der Waals surface area contributed by atoms with E-state index in [0.717, 1.165) is 20.0 Å². The van der Waals surface area contributed by atoms with Gasteiger partial charge in [-0.1, -0.05) is 59.7 Å². The Hall–Kier alpha value is -3.92. The summed E-state index contributed by atoms with van der Waals surface area (Å²) in [5.74, 6) is 0. The van der Waals surface area contributed by atoms with Crippen LogP contribution in [0.15, 0.2) is 72.8 Å². The predicted octanol–water partition coefficient (Wildman–Crippen LogP) is 8.03. The third-order valence-corrected chi connectivity index (χ3v) is 7.80. The molecule has 0 radical (unpaired) electrons. The van der Waals surface area contributed by atoms with Crippen LogP contribution >= 0.6 is 0 Å². The summed E-state index contributed by atoms with van der Waals surface area (Å²) >= 11 is 0. The molecule has 2 aliphatic heterocycles. The third kappa shape index (κ3) is 3.92. The van der Waals surface area contributed by atoms with Crippen molar-refractivity contribution in [2.75, 3.05) is 39.6 Å². The SMILES string of the molecule is Cc1cc(C)c(N2CN(CN3CN(c4c(C)cc(C)cc4C)c4ccccc43)c3ccccc32)c(C)c1. The second-order valence-electron chi connectivity index (χ2n) is 10.8. The molecule has 0 N–H and O–H groups in total. The van der Waals surface area contributed by atoms with Crippen molar-refractivity contribution in [3.8, 4) is 0 Å². The van der Waals surface area contributed by atoms with Gasteiger partial charge in [0.05, 0.1) is 42.8 Å². The standard InChI is InChI=1S/C33H36N4/c1-22-15-24(3)32(25(4)16-22)36-20-34(28-11-7-9-13-30(28)36)19-35-21-37(31-14-10-8-12-29(31)35)33-26(5)17-23(2)18-27(33)6/h7-18H,19-21H2,1-6H3. The molecule has 0 spiro atoms. The second-order valence-corrected chi connectivity index (χ2v) is 10.8. The lowest BCUT2D eigenvalue weighted by atomic mass is 10.0. The van der Waals surface area contributed by atoms with Gasteiger partial charge < -0.3 is 19.6 Å². The maximum Gasteiger partial charge on any atom is 0.0970 e. The van der Waals surface area contributed by atoms with Crippen LogP contribution in [0.2, 0.25) is 0 Å². The van der Waals surface area contributed by atoms with Crippen LogP contribution in [0.5, 0.6) is 0 Å². The molecule has 37 heavy (non-hydrogen) atoms. The van der Waals surface area contributed by atoms with Crippen LogP contribution in [-0.4, -0.2) is 20.0 Å². The lowest BCUT2D eigenvalue weighted by molar-refractivity contribution is 0.759. The smallest absolute Gasteiger partial charge is 0.0970 e. The number of hydrogen-bond acceptors (Lipinski definition) is 4. The Morgan fingerprint density at radius 2 is 0.811 bits per heavy atom. The number of nitrogens with zero attached hydrogens (tertiary/aromatic N) is 4. The first-order chi connectivity index (χ1) is 17.8. The third-order valence-electron chi connectivity index (χ3n) is 7.80. The number of fused-ring (bicyclic) bond motifs is 2. The zero-order chi connectivity index (χ0) is 25.8. The maximum absolute atomic E-state index is 2.52. The van der Waals surface area contributed by atoms with Gasteiger partial charge in [-0.2, -0.15) is 0 Å². The molecule has 0 aliphatic carbocycles. The summed E-state index contributed by atoms with van der Waals surface area (Å²) in [7, 11) is 0. The average molecular weight is 489 g/mol. The summed E-state index contributed by atoms with van der Waals surface area (Å²) in [6.07, 6.45) is 0. The summed E-state index contributed by atoms with van der Waals surface area (Å²) in [5, 5.41) is 0. The van der Waals surface area contributed by atoms with Gasteiger partial charge in [0, 0.05) is 11.4 Å². The maximum atomic E-state index is 2.52. The molecule has 0 bridgehead atoms. The largest absolute Gasteiger partial charge is 0.334 e. The van der Waals surface area contributed by atoms with E-state index in [-0.39, 0.29) is 0 Å². The number of rotatable bonds is 4. The predicted molar refractivity (Wildman–Crippen MR) is 158 cm³/mol. The van der Waals surface area contributed by atoms with E-state index in [1.165, 1.54) is 67.5 Å². The van der Waals surface area contributed by atoms with Gasteiger partial charge in [-0.25, -0.2) is 0 Å². The van der Waals surface area contributed by atoms with Crippen LogP contribution in [0.25, 0.3) is 0 Å². The van der Waals surface area contributed by atoms with Gasteiger partial charge in [0.2, 0.25) is 0 Å². The zero-order valence-corrected chi connectivity index (χ0v) is 22.8. The van der Waals surface area contributed by atoms with Gasteiger partial charge in [0.1, 0.15) is 0 Å². The van der Waals surface area contributed by atoms with Gasteiger partial charge in [0.15, 0.2) is 0 Å². The summed E-state index contributed by atoms with van der Waals surface area (Å²) in [6.45, 7) is 15.8. The van der Waals surface area contributed by atoms with Crippen molar-refractivity contribution in [3.05, 3.63) is 106 Å². The zero-order valence-electron chi connectivity index (χ0n) is 22.8. The minimum Gasteiger partial charge on any atom is -0.334 e. The van der Waals surface area contributed by atoms with Crippen molar-refractivity contribution in [2.45, 2.75) is 41.5 Å². The molecule has 0 atom stereocenters. The summed E-state index contributed by atoms with van der Waals surface area (Å²) in [6, 6.07) is 26.9. The molecule has 4 nitrogen and oxygen atoms in total. The lowest BCUT2D eigenvalue weighted by Gasteiger charge is -2.30. The van der Waals surface area contributed by atoms with Gasteiger partial charge in [-0.3, -0.25) is 0 Å². The Morgan fingerprint density at radius 1 is 0.486 bits per heavy atom. The van der Waals surface area contributed by atoms with E-state index in [2.05, 4.69) is 134 Å². The molecule has 2 heterocycles. The quantitative estimate of drug-likeness (QED) is 0.288. The average Bonchev–Trinajstić information content (AvgIpc) is 3.37. The number of para-hydroxylation sites is 4. The molecule has 0 saturated carbocycles. The summed E-state index contributed by atoms with van der Waals surface area (Å²) in [4.78, 5) is 10.0. The van der Waals surface area contributed by atoms with Crippen LogP contribution in [0.3, 0.4) is 0 Å². The van der Waals surface area contributed by atoms with E-state index >= 15 is 0 Å². The topological polar surface area (TPSA) is 13.0 Å². The van der Waals surface area contributed by atoms with Crippen LogP contribution in [-0.2, 0) is 0 Å². The van der Waals surface area contributed by atoms with Gasteiger partial charge in [0.25, 0.3) is 0 Å². The molecule has 6 rings (SSSR count). The van der Waals surface area contributed by atoms with Crippen LogP contribution < -0.4 is 19.6 Å². The van der Waals surface area contributed by atoms with Crippen molar-refractivity contribution in [1.82, 2.24) is 0 Å². The number of benzene rings is 4. The fourth-order valence-electron chi connectivity index (χ4n) is 6.59. The lowest BCUT2D eigenvalue weighted by Crippen LogP contribution is -2.40. The fourth-order valence-corrected chi connectivity index (χ4v) is 6.59. The Balaban J connectivity index is 1.35. The van der Waals surface area contributed by atoms with Crippen molar-refractivity contribution >= 4 is 34.1 Å². The van der Waals surface area contributed by atoms with Crippen LogP contribution in [0.4, 0.5) is 34.1 Å². The first-order valence-electron chi connectivity index (χ1n) is 13.2. The van der Waals surface area contributed by atoms with Crippen molar-refractivity contribution in [1.29, 1.82) is 0 Å². The van der Waals surface area contributed by atoms with E-state index in [9.17, 15) is 0 Å². The Bertz CT molecular complexity index is 1350. The van der Waals surface area contributed by atoms with Gasteiger partial charge in [-0.05, 0) is 88.1 Å². The Kier molecular flexibility index (Phi) is 5.63. The van der Waals surface area contributed by atoms with Crippen molar-refractivity contribution in [2.24, 2.45) is 0 Å². The highest BCUT2D eigenvalue weighted by atomic mass is 15.5. The first-order valence-corrected chi connectivity index (χ1v) is 13.2. The minimum absolute atomic E-state index is 0.828. The van der Waals surface area contributed by atoms with Crippen molar-refractivity contribution in [3.63, 3.8) is 0 Å². The second kappa shape index (κ2) is 8.88. The fraction of sp³-hybridized carbons (Fsp3) is 0.273. The Morgan fingerprint density at radius 3 is 1.16 bits per heavy atom. The number of anilines is 6. The molecule has 0 amide bonds. The molecule has 0 unspecified atom stereocenters. The van der Waals surface area contributed by atoms with Gasteiger partial charge in [-0.15, -0.1) is 0 Å². The minimum atomic E-state index is 0.828. The number of aryl methyl sites for hydroxylation is 6. The molecule has 188 valence electrons. The molecule has 4 heteroatoms. The van der Waals surface area contributed by atoms with Crippen LogP contribution in [0, 0.1) is 41.5 Å². The van der Waals surface area contributed by atoms with Crippen LogP contribution in [0.1, 0.15) is 33.4 Å². The molecule has 2 aliphatic rings. The highest BCUT2D eigenvalue weighted by Crippen LogP contribution is 2.46. The summed E-state index contributed by atoms with van der Waals surface area (Å²) < 4.78 is 0. The molecular weight excluding hydrogens is 452 g/mol. The summed E-state index contributed by atoms with van der Waals surface area (Å²) in [5.41, 5.74) is 15.8. The monoisotopic (exact) mass is 488 g/mol. The number of hydrogen-bond donors (Lipinski definition) is 0. The van der Waals surface area contributed by atoms with E-state index < -0.39 is 0 Å². The normalized spacial score (nSPS) is 14.4. The molecule has 0 aromatic heterocycles. The highest BCUT2D eigenvalue weighted by Gasteiger charge is 2.33. The molecule has 4 aromatic rings. The first kappa shape index (κ1) is 23.5. The Labute approximate surface area is 221 Å². The molecule has 0 saturated heterocycles. The van der Waals surface area contributed by atoms with Gasteiger partial charge >= 0.3 is 0 Å². The van der Waals surface area contributed by atoms with Crippen molar-refractivity contribution < 1.29 is 0 Å². The van der Waals surface area contributed by atoms with E-state index in [1.54, 1.807) is 0 Å². The highest BCUT2D eigenvalue weighted by molar-refractivity contribution is 5.87.